The number of rotatable bonds is 3. The van der Waals surface area contributed by atoms with Crippen LogP contribution in [0.2, 0.25) is 5.02 Å². The van der Waals surface area contributed by atoms with Crippen molar-refractivity contribution >= 4 is 22.4 Å². The van der Waals surface area contributed by atoms with Crippen molar-refractivity contribution in [3.8, 4) is 11.5 Å². The van der Waals surface area contributed by atoms with Crippen LogP contribution in [-0.2, 0) is 6.61 Å². The maximum atomic E-state index is 13.7. The summed E-state index contributed by atoms with van der Waals surface area (Å²) in [6, 6.07) is 15.1. The molecule has 0 heterocycles. The lowest BCUT2D eigenvalue weighted by atomic mass is 10.1. The van der Waals surface area contributed by atoms with Crippen molar-refractivity contribution in [3.05, 3.63) is 71.0 Å². The number of benzene rings is 3. The van der Waals surface area contributed by atoms with Crippen molar-refractivity contribution in [2.24, 2.45) is 0 Å². The molecular weight excluding hydrogens is 291 g/mol. The van der Waals surface area contributed by atoms with Gasteiger partial charge in [-0.25, -0.2) is 4.39 Å². The van der Waals surface area contributed by atoms with Gasteiger partial charge in [-0.2, -0.15) is 0 Å². The van der Waals surface area contributed by atoms with Crippen LogP contribution in [0.25, 0.3) is 10.8 Å². The first-order valence-corrected chi connectivity index (χ1v) is 6.80. The van der Waals surface area contributed by atoms with Crippen LogP contribution in [0.15, 0.2) is 54.6 Å². The Labute approximate surface area is 126 Å². The number of hydrogen-bond donors (Lipinski definition) is 1. The van der Waals surface area contributed by atoms with Crippen LogP contribution in [-0.4, -0.2) is 5.11 Å². The topological polar surface area (TPSA) is 29.5 Å². The Morgan fingerprint density at radius 1 is 1.00 bits per heavy atom. The molecule has 3 aromatic rings. The van der Waals surface area contributed by atoms with Crippen LogP contribution < -0.4 is 4.74 Å². The standard InChI is InChI=1S/C17H12ClFO2/c18-16-2-1-3-17(19)15(16)10-21-14-7-5-11-4-6-13(20)8-12(11)9-14/h1-9,20H,10H2. The third-order valence-electron chi connectivity index (χ3n) is 3.24. The number of phenolic OH excluding ortho intramolecular Hbond substituents is 1. The molecule has 3 aromatic carbocycles. The predicted octanol–water partition coefficient (Wildman–Crippen LogP) is 4.92. The molecule has 21 heavy (non-hydrogen) atoms. The molecule has 0 saturated heterocycles. The van der Waals surface area contributed by atoms with Crippen molar-refractivity contribution in [1.82, 2.24) is 0 Å². The summed E-state index contributed by atoms with van der Waals surface area (Å²) in [4.78, 5) is 0. The Bertz CT molecular complexity index is 782. The van der Waals surface area contributed by atoms with E-state index in [0.29, 0.717) is 16.3 Å². The summed E-state index contributed by atoms with van der Waals surface area (Å²) in [6.45, 7) is 0.0514. The van der Waals surface area contributed by atoms with E-state index in [0.717, 1.165) is 10.8 Å². The Kier molecular flexibility index (Phi) is 3.67. The van der Waals surface area contributed by atoms with Gasteiger partial charge in [-0.3, -0.25) is 0 Å². The summed E-state index contributed by atoms with van der Waals surface area (Å²) in [5.74, 6) is 0.394. The normalized spacial score (nSPS) is 10.8. The maximum absolute atomic E-state index is 13.7. The Morgan fingerprint density at radius 2 is 1.81 bits per heavy atom. The molecule has 0 saturated carbocycles. The second-order valence-corrected chi connectivity index (χ2v) is 5.09. The molecule has 0 atom stereocenters. The molecule has 3 rings (SSSR count). The van der Waals surface area contributed by atoms with E-state index in [2.05, 4.69) is 0 Å². The van der Waals surface area contributed by atoms with E-state index >= 15 is 0 Å². The lowest BCUT2D eigenvalue weighted by Crippen LogP contribution is -1.99. The van der Waals surface area contributed by atoms with Crippen molar-refractivity contribution < 1.29 is 14.2 Å². The summed E-state index contributed by atoms with van der Waals surface area (Å²) in [7, 11) is 0. The minimum Gasteiger partial charge on any atom is -0.508 e. The Balaban J connectivity index is 1.85. The van der Waals surface area contributed by atoms with E-state index in [1.54, 1.807) is 36.4 Å². The van der Waals surface area contributed by atoms with Gasteiger partial charge in [-0.1, -0.05) is 29.8 Å². The lowest BCUT2D eigenvalue weighted by Gasteiger charge is -2.09. The van der Waals surface area contributed by atoms with Crippen LogP contribution in [0.5, 0.6) is 11.5 Å². The second kappa shape index (κ2) is 5.62. The molecule has 4 heteroatoms. The van der Waals surface area contributed by atoms with Gasteiger partial charge in [0.25, 0.3) is 0 Å². The van der Waals surface area contributed by atoms with Gasteiger partial charge in [0, 0.05) is 5.56 Å². The molecule has 0 radical (unpaired) electrons. The smallest absolute Gasteiger partial charge is 0.131 e. The molecular formula is C17H12ClFO2. The molecule has 0 aromatic heterocycles. The number of phenols is 1. The van der Waals surface area contributed by atoms with Crippen LogP contribution in [0, 0.1) is 5.82 Å². The van der Waals surface area contributed by atoms with Gasteiger partial charge in [0.1, 0.15) is 23.9 Å². The second-order valence-electron chi connectivity index (χ2n) is 4.68. The fourth-order valence-corrected chi connectivity index (χ4v) is 2.35. The highest BCUT2D eigenvalue weighted by atomic mass is 35.5. The number of hydrogen-bond acceptors (Lipinski definition) is 2. The third-order valence-corrected chi connectivity index (χ3v) is 3.59. The van der Waals surface area contributed by atoms with Crippen molar-refractivity contribution in [2.75, 3.05) is 0 Å². The zero-order valence-corrected chi connectivity index (χ0v) is 11.8. The highest BCUT2D eigenvalue weighted by Gasteiger charge is 2.08. The highest BCUT2D eigenvalue weighted by molar-refractivity contribution is 6.31. The predicted molar refractivity (Wildman–Crippen MR) is 81.4 cm³/mol. The molecule has 0 spiro atoms. The average Bonchev–Trinajstić information content (AvgIpc) is 2.46. The molecule has 0 bridgehead atoms. The van der Waals surface area contributed by atoms with Gasteiger partial charge in [0.15, 0.2) is 0 Å². The maximum Gasteiger partial charge on any atom is 0.131 e. The lowest BCUT2D eigenvalue weighted by molar-refractivity contribution is 0.300. The van der Waals surface area contributed by atoms with Crippen LogP contribution in [0.1, 0.15) is 5.56 Å². The monoisotopic (exact) mass is 302 g/mol. The number of ether oxygens (including phenoxy) is 1. The zero-order valence-electron chi connectivity index (χ0n) is 11.0. The van der Waals surface area contributed by atoms with Gasteiger partial charge < -0.3 is 9.84 Å². The summed E-state index contributed by atoms with van der Waals surface area (Å²) in [5, 5.41) is 11.7. The average molecular weight is 303 g/mol. The summed E-state index contributed by atoms with van der Waals surface area (Å²) >= 11 is 5.96. The fourth-order valence-electron chi connectivity index (χ4n) is 2.13. The van der Waals surface area contributed by atoms with E-state index in [1.165, 1.54) is 6.07 Å². The van der Waals surface area contributed by atoms with Gasteiger partial charge in [0.05, 0.1) is 5.02 Å². The molecule has 0 aliphatic heterocycles. The van der Waals surface area contributed by atoms with E-state index < -0.39 is 0 Å². The van der Waals surface area contributed by atoms with Crippen molar-refractivity contribution in [1.29, 1.82) is 0 Å². The molecule has 1 N–H and O–H groups in total. The quantitative estimate of drug-likeness (QED) is 0.744. The Hall–Kier alpha value is -2.26. The number of fused-ring (bicyclic) bond motifs is 1. The fraction of sp³-hybridized carbons (Fsp3) is 0.0588. The van der Waals surface area contributed by atoms with E-state index in [-0.39, 0.29) is 18.2 Å². The van der Waals surface area contributed by atoms with E-state index in [1.807, 2.05) is 12.1 Å². The largest absolute Gasteiger partial charge is 0.508 e. The van der Waals surface area contributed by atoms with Gasteiger partial charge in [-0.05, 0) is 47.2 Å². The SMILES string of the molecule is Oc1ccc2ccc(OCc3c(F)cccc3Cl)cc2c1. The van der Waals surface area contributed by atoms with Gasteiger partial charge >= 0.3 is 0 Å². The minimum atomic E-state index is -0.388. The first-order chi connectivity index (χ1) is 10.1. The van der Waals surface area contributed by atoms with Crippen LogP contribution in [0.4, 0.5) is 4.39 Å². The van der Waals surface area contributed by atoms with Crippen LogP contribution in [0.3, 0.4) is 0 Å². The molecule has 0 aliphatic rings. The molecule has 0 aliphatic carbocycles. The molecule has 0 amide bonds. The first-order valence-electron chi connectivity index (χ1n) is 6.42. The molecule has 0 unspecified atom stereocenters. The van der Waals surface area contributed by atoms with Crippen LogP contribution >= 0.6 is 11.6 Å². The van der Waals surface area contributed by atoms with Crippen molar-refractivity contribution in [2.45, 2.75) is 6.61 Å². The Morgan fingerprint density at radius 3 is 2.62 bits per heavy atom. The zero-order chi connectivity index (χ0) is 14.8. The first kappa shape index (κ1) is 13.7. The van der Waals surface area contributed by atoms with E-state index in [4.69, 9.17) is 16.3 Å². The highest BCUT2D eigenvalue weighted by Crippen LogP contribution is 2.26. The summed E-state index contributed by atoms with van der Waals surface area (Å²) in [5.41, 5.74) is 0.329. The number of halogens is 2. The minimum absolute atomic E-state index is 0.0514. The number of aromatic hydroxyl groups is 1. The van der Waals surface area contributed by atoms with Gasteiger partial charge in [0.2, 0.25) is 0 Å². The van der Waals surface area contributed by atoms with Crippen molar-refractivity contribution in [3.63, 3.8) is 0 Å². The molecule has 106 valence electrons. The van der Waals surface area contributed by atoms with E-state index in [9.17, 15) is 9.50 Å². The van der Waals surface area contributed by atoms with Gasteiger partial charge in [-0.15, -0.1) is 0 Å². The summed E-state index contributed by atoms with van der Waals surface area (Å²) < 4.78 is 19.3. The molecule has 0 fully saturated rings. The summed E-state index contributed by atoms with van der Waals surface area (Å²) in [6.07, 6.45) is 0. The third kappa shape index (κ3) is 2.93. The molecule has 2 nitrogen and oxygen atoms in total.